The maximum atomic E-state index is 12.7. The molecule has 12 heteroatoms. The molecule has 58 heavy (non-hydrogen) atoms. The zero-order valence-electron chi connectivity index (χ0n) is 36.3. The van der Waals surface area contributed by atoms with Crippen LogP contribution in [0.2, 0.25) is 0 Å². The molecule has 1 aliphatic rings. The number of hydrogen-bond acceptors (Lipinski definition) is 10. The van der Waals surface area contributed by atoms with E-state index in [0.717, 1.165) is 70.6 Å². The second-order valence-corrected chi connectivity index (χ2v) is 17.4. The average Bonchev–Trinajstić information content (AvgIpc) is 3.52. The van der Waals surface area contributed by atoms with E-state index in [9.17, 15) is 28.9 Å². The lowest BCUT2D eigenvalue weighted by atomic mass is 9.90. The highest BCUT2D eigenvalue weighted by molar-refractivity contribution is 7.45. The van der Waals surface area contributed by atoms with Gasteiger partial charge in [0.15, 0.2) is 11.9 Å². The number of phosphoric ester groups is 1. The van der Waals surface area contributed by atoms with E-state index in [1.807, 2.05) is 45.4 Å². The lowest BCUT2D eigenvalue weighted by Crippen LogP contribution is -2.37. The van der Waals surface area contributed by atoms with E-state index in [2.05, 4.69) is 50.3 Å². The summed E-state index contributed by atoms with van der Waals surface area (Å²) in [6, 6.07) is 0. The largest absolute Gasteiger partial charge is 0.756 e. The predicted octanol–water partition coefficient (Wildman–Crippen LogP) is 9.22. The number of allylic oxidation sites excluding steroid dienone is 11. The lowest BCUT2D eigenvalue weighted by Gasteiger charge is -2.28. The molecule has 0 aromatic heterocycles. The fraction of sp³-hybridized carbons (Fsp3) is 0.674. The quantitative estimate of drug-likeness (QED) is 0.0215. The SMILES string of the molecule is CC/C=C\C/C=C\C/C=C\CCCCCCCC(=O)O[C@H](COC(=O)CCC/C=C\C[C@H]1C=CC(=O)[C@@H]1/C=C/[C@@H](O)CCCCC)COP(=O)([O-])OCC[N+](C)(C)C. The van der Waals surface area contributed by atoms with Gasteiger partial charge in [0.1, 0.15) is 19.8 Å². The number of unbranched alkanes of at least 4 members (excludes halogenated alkanes) is 8. The van der Waals surface area contributed by atoms with Gasteiger partial charge in [0.25, 0.3) is 7.82 Å². The van der Waals surface area contributed by atoms with Gasteiger partial charge in [-0.3, -0.25) is 18.9 Å². The first-order valence-electron chi connectivity index (χ1n) is 21.7. The molecular weight excluding hydrogens is 757 g/mol. The Kier molecular flexibility index (Phi) is 30.1. The van der Waals surface area contributed by atoms with Crippen molar-refractivity contribution in [3.8, 4) is 0 Å². The van der Waals surface area contributed by atoms with Gasteiger partial charge in [-0.05, 0) is 76.2 Å². The second kappa shape index (κ2) is 32.9. The van der Waals surface area contributed by atoms with Crippen LogP contribution in [-0.4, -0.2) is 87.0 Å². The van der Waals surface area contributed by atoms with Gasteiger partial charge in [-0.25, -0.2) is 0 Å². The molecule has 1 unspecified atom stereocenters. The molecule has 0 heterocycles. The number of ketones is 1. The number of nitrogens with zero attached hydrogens (tertiary/aromatic N) is 1. The van der Waals surface area contributed by atoms with Gasteiger partial charge in [0.05, 0.1) is 33.9 Å². The minimum Gasteiger partial charge on any atom is -0.756 e. The summed E-state index contributed by atoms with van der Waals surface area (Å²) in [4.78, 5) is 50.1. The van der Waals surface area contributed by atoms with Crippen LogP contribution in [-0.2, 0) is 37.5 Å². The summed E-state index contributed by atoms with van der Waals surface area (Å²) in [7, 11) is 1.03. The highest BCUT2D eigenvalue weighted by Crippen LogP contribution is 2.38. The van der Waals surface area contributed by atoms with Crippen LogP contribution in [0.25, 0.3) is 0 Å². The number of hydrogen-bond donors (Lipinski definition) is 1. The van der Waals surface area contributed by atoms with Gasteiger partial charge in [-0.1, -0.05) is 119 Å². The van der Waals surface area contributed by atoms with E-state index >= 15 is 0 Å². The molecule has 0 saturated heterocycles. The number of likely N-dealkylation sites (N-methyl/N-ethyl adjacent to an activating group) is 1. The molecular formula is C46H76NO10P. The molecule has 1 rings (SSSR count). The number of aliphatic hydroxyl groups excluding tert-OH is 1. The average molecular weight is 834 g/mol. The van der Waals surface area contributed by atoms with Crippen molar-refractivity contribution in [2.75, 3.05) is 47.5 Å². The van der Waals surface area contributed by atoms with Crippen LogP contribution in [0.3, 0.4) is 0 Å². The molecule has 0 aliphatic heterocycles. The molecule has 0 aromatic carbocycles. The Morgan fingerprint density at radius 2 is 1.48 bits per heavy atom. The topological polar surface area (TPSA) is 148 Å². The van der Waals surface area contributed by atoms with Crippen molar-refractivity contribution in [1.82, 2.24) is 0 Å². The Morgan fingerprint density at radius 1 is 0.828 bits per heavy atom. The molecule has 0 aromatic rings. The van der Waals surface area contributed by atoms with Crippen LogP contribution in [0.1, 0.15) is 129 Å². The zero-order valence-corrected chi connectivity index (χ0v) is 37.2. The summed E-state index contributed by atoms with van der Waals surface area (Å²) < 4.78 is 33.8. The summed E-state index contributed by atoms with van der Waals surface area (Å²) in [6.07, 6.45) is 37.0. The van der Waals surface area contributed by atoms with Crippen LogP contribution >= 0.6 is 7.82 Å². The van der Waals surface area contributed by atoms with Crippen molar-refractivity contribution >= 4 is 25.5 Å². The van der Waals surface area contributed by atoms with E-state index in [-0.39, 0.29) is 43.7 Å². The van der Waals surface area contributed by atoms with E-state index in [0.29, 0.717) is 43.1 Å². The second-order valence-electron chi connectivity index (χ2n) is 16.0. The van der Waals surface area contributed by atoms with Crippen molar-refractivity contribution < 1.29 is 52.0 Å². The highest BCUT2D eigenvalue weighted by atomic mass is 31.2. The molecule has 1 N–H and O–H groups in total. The number of quaternary nitrogens is 1. The van der Waals surface area contributed by atoms with Crippen molar-refractivity contribution in [1.29, 1.82) is 0 Å². The van der Waals surface area contributed by atoms with E-state index < -0.39 is 38.6 Å². The summed E-state index contributed by atoms with van der Waals surface area (Å²) in [5, 5.41) is 10.2. The summed E-state index contributed by atoms with van der Waals surface area (Å²) in [5.41, 5.74) is 0. The van der Waals surface area contributed by atoms with Gasteiger partial charge in [-0.2, -0.15) is 0 Å². The number of aliphatic hydroxyl groups is 1. The number of phosphoric acid groups is 1. The van der Waals surface area contributed by atoms with Crippen LogP contribution < -0.4 is 4.89 Å². The third-order valence-corrected chi connectivity index (χ3v) is 10.4. The maximum absolute atomic E-state index is 12.7. The third kappa shape index (κ3) is 30.2. The highest BCUT2D eigenvalue weighted by Gasteiger charge is 2.27. The zero-order chi connectivity index (χ0) is 42.9. The molecule has 1 aliphatic carbocycles. The van der Waals surface area contributed by atoms with E-state index in [4.69, 9.17) is 18.5 Å². The minimum absolute atomic E-state index is 0.0239. The molecule has 0 bridgehead atoms. The molecule has 11 nitrogen and oxygen atoms in total. The monoisotopic (exact) mass is 834 g/mol. The Hall–Kier alpha value is -2.92. The van der Waals surface area contributed by atoms with Crippen LogP contribution in [0, 0.1) is 11.8 Å². The summed E-state index contributed by atoms with van der Waals surface area (Å²) in [5.74, 6) is -1.23. The van der Waals surface area contributed by atoms with Gasteiger partial charge in [0.2, 0.25) is 0 Å². The molecule has 0 spiro atoms. The number of rotatable bonds is 35. The molecule has 0 amide bonds. The standard InChI is InChI=1S/C46H76NO10P/c1-6-8-10-11-12-13-14-15-16-17-18-19-20-21-27-31-46(51)57-42(39-56-58(52,53)55-37-36-47(3,4)5)38-54-45(50)30-26-23-22-25-28-40-32-35-44(49)43(40)34-33-41(48)29-24-9-7-2/h8,10,12-13,15-16,22,25,32-35,40-43,48H,6-7,9,11,14,17-21,23-24,26-31,36-39H2,1-5H3/b10-8-,13-12-,16-15-,25-22-,34-33+/t40-,41-,42+,43+/m0/s1. The Bertz CT molecular complexity index is 1360. The van der Waals surface area contributed by atoms with Gasteiger partial charge in [0, 0.05) is 18.8 Å². The first-order chi connectivity index (χ1) is 27.8. The molecule has 0 fully saturated rings. The lowest BCUT2D eigenvalue weighted by molar-refractivity contribution is -0.870. The Labute approximate surface area is 350 Å². The van der Waals surface area contributed by atoms with E-state index in [1.54, 1.807) is 12.2 Å². The van der Waals surface area contributed by atoms with E-state index in [1.165, 1.54) is 0 Å². The van der Waals surface area contributed by atoms with Crippen LogP contribution in [0.4, 0.5) is 0 Å². The fourth-order valence-electron chi connectivity index (χ4n) is 5.95. The van der Waals surface area contributed by atoms with Crippen molar-refractivity contribution in [2.24, 2.45) is 11.8 Å². The first-order valence-corrected chi connectivity index (χ1v) is 23.2. The Balaban J connectivity index is 2.49. The summed E-state index contributed by atoms with van der Waals surface area (Å²) >= 11 is 0. The molecule has 5 atom stereocenters. The first kappa shape index (κ1) is 53.1. The van der Waals surface area contributed by atoms with Crippen molar-refractivity contribution in [3.63, 3.8) is 0 Å². The smallest absolute Gasteiger partial charge is 0.306 e. The van der Waals surface area contributed by atoms with Crippen molar-refractivity contribution in [3.05, 3.63) is 72.9 Å². The normalized spacial score (nSPS) is 18.4. The van der Waals surface area contributed by atoms with Crippen LogP contribution in [0.15, 0.2) is 72.9 Å². The molecule has 0 saturated carbocycles. The number of esters is 2. The molecule has 0 radical (unpaired) electrons. The fourth-order valence-corrected chi connectivity index (χ4v) is 6.68. The molecule has 330 valence electrons. The van der Waals surface area contributed by atoms with Gasteiger partial charge >= 0.3 is 11.9 Å². The Morgan fingerprint density at radius 3 is 2.21 bits per heavy atom. The number of carbonyl (C=O) groups is 3. The van der Waals surface area contributed by atoms with Crippen LogP contribution in [0.5, 0.6) is 0 Å². The number of ether oxygens (including phenoxy) is 2. The predicted molar refractivity (Wildman–Crippen MR) is 231 cm³/mol. The summed E-state index contributed by atoms with van der Waals surface area (Å²) in [6.45, 7) is 3.74. The van der Waals surface area contributed by atoms with Gasteiger partial charge < -0.3 is 33.0 Å². The number of carbonyl (C=O) groups excluding carboxylic acids is 3. The third-order valence-electron chi connectivity index (χ3n) is 9.46. The van der Waals surface area contributed by atoms with Crippen molar-refractivity contribution in [2.45, 2.75) is 142 Å². The minimum atomic E-state index is -4.68. The maximum Gasteiger partial charge on any atom is 0.306 e. The van der Waals surface area contributed by atoms with Gasteiger partial charge in [-0.15, -0.1) is 0 Å².